The number of rotatable bonds is 2. The van der Waals surface area contributed by atoms with Crippen molar-refractivity contribution in [2.75, 3.05) is 5.32 Å². The number of carbonyl (C=O) groups excluding carboxylic acids is 1. The van der Waals surface area contributed by atoms with Crippen molar-refractivity contribution >= 4 is 33.1 Å². The highest BCUT2D eigenvalue weighted by Gasteiger charge is 2.21. The van der Waals surface area contributed by atoms with E-state index in [4.69, 9.17) is 0 Å². The number of hydrogen-bond acceptors (Lipinski definition) is 1. The van der Waals surface area contributed by atoms with Gasteiger partial charge in [-0.1, -0.05) is 60.7 Å². The highest BCUT2D eigenvalue weighted by Crippen LogP contribution is 2.27. The van der Waals surface area contributed by atoms with Crippen LogP contribution in [0, 0.1) is 11.6 Å². The van der Waals surface area contributed by atoms with Gasteiger partial charge in [-0.25, -0.2) is 8.78 Å². The number of amides is 1. The molecule has 0 radical (unpaired) electrons. The Morgan fingerprint density at radius 1 is 0.760 bits per heavy atom. The smallest absolute Gasteiger partial charge is 0.261 e. The summed E-state index contributed by atoms with van der Waals surface area (Å²) in [6, 6.07) is 20.5. The number of carbonyl (C=O) groups is 1. The van der Waals surface area contributed by atoms with Gasteiger partial charge in [0.05, 0.1) is 0 Å². The SMILES string of the molecule is O=C(Nc1cccc2ccccc12)c1c(F)cc2ccccc2c1F. The molecule has 4 rings (SSSR count). The molecule has 4 aromatic rings. The van der Waals surface area contributed by atoms with Gasteiger partial charge in [-0.05, 0) is 22.9 Å². The van der Waals surface area contributed by atoms with E-state index in [0.29, 0.717) is 11.1 Å². The van der Waals surface area contributed by atoms with Crippen molar-refractivity contribution in [3.63, 3.8) is 0 Å². The molecule has 0 aromatic heterocycles. The molecule has 1 amide bonds. The van der Waals surface area contributed by atoms with Crippen LogP contribution in [-0.2, 0) is 0 Å². The highest BCUT2D eigenvalue weighted by atomic mass is 19.1. The predicted molar refractivity (Wildman–Crippen MR) is 95.8 cm³/mol. The third-order valence-corrected chi connectivity index (χ3v) is 4.20. The Morgan fingerprint density at radius 2 is 1.40 bits per heavy atom. The highest BCUT2D eigenvalue weighted by molar-refractivity contribution is 6.10. The van der Waals surface area contributed by atoms with Crippen LogP contribution in [0.4, 0.5) is 14.5 Å². The molecule has 0 unspecified atom stereocenters. The molecule has 0 heterocycles. The zero-order valence-corrected chi connectivity index (χ0v) is 13.1. The van der Waals surface area contributed by atoms with Crippen LogP contribution in [0.3, 0.4) is 0 Å². The lowest BCUT2D eigenvalue weighted by atomic mass is 10.0. The Bertz CT molecular complexity index is 1120. The molecule has 4 aromatic carbocycles. The summed E-state index contributed by atoms with van der Waals surface area (Å²) in [5, 5.41) is 5.00. The second-order valence-electron chi connectivity index (χ2n) is 5.75. The molecule has 4 heteroatoms. The first-order chi connectivity index (χ1) is 12.1. The number of hydrogen-bond donors (Lipinski definition) is 1. The first-order valence-electron chi connectivity index (χ1n) is 7.81. The van der Waals surface area contributed by atoms with Crippen molar-refractivity contribution in [3.05, 3.63) is 90.0 Å². The molecule has 0 aliphatic rings. The van der Waals surface area contributed by atoms with Crippen LogP contribution in [0.1, 0.15) is 10.4 Å². The fourth-order valence-electron chi connectivity index (χ4n) is 3.00. The Hall–Kier alpha value is -3.27. The van der Waals surface area contributed by atoms with Gasteiger partial charge >= 0.3 is 0 Å². The van der Waals surface area contributed by atoms with Crippen molar-refractivity contribution in [1.82, 2.24) is 0 Å². The van der Waals surface area contributed by atoms with E-state index in [2.05, 4.69) is 5.32 Å². The van der Waals surface area contributed by atoms with E-state index in [1.807, 2.05) is 30.3 Å². The minimum atomic E-state index is -0.881. The Kier molecular flexibility index (Phi) is 3.65. The van der Waals surface area contributed by atoms with Gasteiger partial charge in [0.25, 0.3) is 5.91 Å². The zero-order valence-electron chi connectivity index (χ0n) is 13.1. The lowest BCUT2D eigenvalue weighted by Gasteiger charge is -2.11. The molecule has 122 valence electrons. The first kappa shape index (κ1) is 15.3. The maximum atomic E-state index is 14.7. The molecule has 0 saturated heterocycles. The number of benzene rings is 4. The first-order valence-corrected chi connectivity index (χ1v) is 7.81. The van der Waals surface area contributed by atoms with Gasteiger partial charge in [-0.2, -0.15) is 0 Å². The molecule has 0 aliphatic heterocycles. The van der Waals surface area contributed by atoms with Crippen LogP contribution < -0.4 is 5.32 Å². The van der Waals surface area contributed by atoms with E-state index in [1.165, 1.54) is 12.1 Å². The second kappa shape index (κ2) is 5.98. The monoisotopic (exact) mass is 333 g/mol. The van der Waals surface area contributed by atoms with Gasteiger partial charge in [0, 0.05) is 16.5 Å². The minimum absolute atomic E-state index is 0.215. The molecular formula is C21H13F2NO. The molecule has 0 atom stereocenters. The van der Waals surface area contributed by atoms with Crippen molar-refractivity contribution < 1.29 is 13.6 Å². The van der Waals surface area contributed by atoms with Crippen LogP contribution in [0.15, 0.2) is 72.8 Å². The third kappa shape index (κ3) is 2.62. The second-order valence-corrected chi connectivity index (χ2v) is 5.75. The summed E-state index contributed by atoms with van der Waals surface area (Å²) in [7, 11) is 0. The molecule has 0 saturated carbocycles. The lowest BCUT2D eigenvalue weighted by molar-refractivity contribution is 0.101. The van der Waals surface area contributed by atoms with Crippen LogP contribution >= 0.6 is 0 Å². The molecular weight excluding hydrogens is 320 g/mol. The summed E-state index contributed by atoms with van der Waals surface area (Å²) in [6.45, 7) is 0. The van der Waals surface area contributed by atoms with Gasteiger partial charge < -0.3 is 5.32 Å². The molecule has 0 spiro atoms. The van der Waals surface area contributed by atoms with E-state index in [0.717, 1.165) is 10.8 Å². The van der Waals surface area contributed by atoms with Crippen LogP contribution in [0.25, 0.3) is 21.5 Å². The van der Waals surface area contributed by atoms with Crippen molar-refractivity contribution in [3.8, 4) is 0 Å². The molecule has 0 aliphatic carbocycles. The average molecular weight is 333 g/mol. The van der Waals surface area contributed by atoms with Gasteiger partial charge in [0.15, 0.2) is 0 Å². The number of halogens is 2. The number of nitrogens with one attached hydrogen (secondary N) is 1. The summed E-state index contributed by atoms with van der Waals surface area (Å²) < 4.78 is 29.0. The molecule has 2 nitrogen and oxygen atoms in total. The average Bonchev–Trinajstić information content (AvgIpc) is 2.62. The fourth-order valence-corrected chi connectivity index (χ4v) is 3.00. The number of anilines is 1. The quantitative estimate of drug-likeness (QED) is 0.514. The van der Waals surface area contributed by atoms with E-state index in [-0.39, 0.29) is 5.39 Å². The maximum absolute atomic E-state index is 14.7. The van der Waals surface area contributed by atoms with Gasteiger partial charge in [0.1, 0.15) is 17.2 Å². The van der Waals surface area contributed by atoms with E-state index in [1.54, 1.807) is 30.3 Å². The largest absolute Gasteiger partial charge is 0.321 e. The number of fused-ring (bicyclic) bond motifs is 2. The van der Waals surface area contributed by atoms with Gasteiger partial charge in [-0.3, -0.25) is 4.79 Å². The lowest BCUT2D eigenvalue weighted by Crippen LogP contribution is -2.16. The van der Waals surface area contributed by atoms with Crippen molar-refractivity contribution in [2.24, 2.45) is 0 Å². The van der Waals surface area contributed by atoms with E-state index < -0.39 is 23.1 Å². The van der Waals surface area contributed by atoms with Crippen LogP contribution in [0.5, 0.6) is 0 Å². The Morgan fingerprint density at radius 3 is 2.20 bits per heavy atom. The van der Waals surface area contributed by atoms with Crippen LogP contribution in [-0.4, -0.2) is 5.91 Å². The summed E-state index contributed by atoms with van der Waals surface area (Å²) in [4.78, 5) is 12.6. The topological polar surface area (TPSA) is 29.1 Å². The van der Waals surface area contributed by atoms with E-state index >= 15 is 0 Å². The zero-order chi connectivity index (χ0) is 17.4. The van der Waals surface area contributed by atoms with E-state index in [9.17, 15) is 13.6 Å². The summed E-state index contributed by atoms with van der Waals surface area (Å²) in [5.74, 6) is -2.54. The molecule has 1 N–H and O–H groups in total. The normalized spacial score (nSPS) is 11.0. The fraction of sp³-hybridized carbons (Fsp3) is 0. The Labute approximate surface area is 142 Å². The molecule has 25 heavy (non-hydrogen) atoms. The van der Waals surface area contributed by atoms with Gasteiger partial charge in [-0.15, -0.1) is 0 Å². The predicted octanol–water partition coefficient (Wildman–Crippen LogP) is 5.52. The summed E-state index contributed by atoms with van der Waals surface area (Å²) in [6.07, 6.45) is 0. The maximum Gasteiger partial charge on any atom is 0.261 e. The van der Waals surface area contributed by atoms with Crippen molar-refractivity contribution in [2.45, 2.75) is 0 Å². The standard InChI is InChI=1S/C21H13F2NO/c22-17-12-14-7-2-4-10-16(14)20(23)19(17)21(25)24-18-11-5-8-13-6-1-3-9-15(13)18/h1-12H,(H,24,25). The third-order valence-electron chi connectivity index (χ3n) is 4.20. The minimum Gasteiger partial charge on any atom is -0.321 e. The summed E-state index contributed by atoms with van der Waals surface area (Å²) >= 11 is 0. The Balaban J connectivity index is 1.80. The van der Waals surface area contributed by atoms with Crippen LogP contribution in [0.2, 0.25) is 0 Å². The molecule has 0 bridgehead atoms. The van der Waals surface area contributed by atoms with Gasteiger partial charge in [0.2, 0.25) is 0 Å². The summed E-state index contributed by atoms with van der Waals surface area (Å²) in [5.41, 5.74) is -0.0679. The molecule has 0 fully saturated rings. The van der Waals surface area contributed by atoms with Crippen molar-refractivity contribution in [1.29, 1.82) is 0 Å².